The molecule has 28 heavy (non-hydrogen) atoms. The van der Waals surface area contributed by atoms with Gasteiger partial charge in [-0.15, -0.1) is 0 Å². The van der Waals surface area contributed by atoms with Gasteiger partial charge in [-0.2, -0.15) is 0 Å². The molecule has 6 rings (SSSR count). The lowest BCUT2D eigenvalue weighted by molar-refractivity contribution is -0.136. The topological polar surface area (TPSA) is 81.8 Å². The van der Waals surface area contributed by atoms with E-state index in [0.29, 0.717) is 30.5 Å². The second-order valence-electron chi connectivity index (χ2n) is 8.53. The minimum Gasteiger partial charge on any atom is -0.322 e. The summed E-state index contributed by atoms with van der Waals surface area (Å²) in [5.74, 6) is 0.00768. The van der Waals surface area contributed by atoms with E-state index in [1.807, 2.05) is 12.1 Å². The Kier molecular flexibility index (Phi) is 4.44. The van der Waals surface area contributed by atoms with Crippen LogP contribution < -0.4 is 10.6 Å². The van der Waals surface area contributed by atoms with Crippen molar-refractivity contribution >= 4 is 17.7 Å². The van der Waals surface area contributed by atoms with Gasteiger partial charge < -0.3 is 10.2 Å². The van der Waals surface area contributed by atoms with E-state index < -0.39 is 6.04 Å². The summed E-state index contributed by atoms with van der Waals surface area (Å²) in [5.41, 5.74) is 2.94. The molecule has 0 radical (unpaired) electrons. The lowest BCUT2D eigenvalue weighted by Gasteiger charge is -2.36. The third kappa shape index (κ3) is 3.02. The highest BCUT2D eigenvalue weighted by atomic mass is 16.2. The third-order valence-electron chi connectivity index (χ3n) is 6.78. The van der Waals surface area contributed by atoms with Crippen LogP contribution in [0, 0.1) is 5.92 Å². The van der Waals surface area contributed by atoms with Gasteiger partial charge in [0.1, 0.15) is 6.04 Å². The average Bonchev–Trinajstić information content (AvgIpc) is 2.84. The summed E-state index contributed by atoms with van der Waals surface area (Å²) in [6, 6.07) is 5.94. The number of hydrogen-bond acceptors (Lipinski definition) is 5. The zero-order valence-electron chi connectivity index (χ0n) is 15.9. The maximum atomic E-state index is 13.0. The van der Waals surface area contributed by atoms with Crippen LogP contribution in [-0.4, -0.2) is 59.2 Å². The summed E-state index contributed by atoms with van der Waals surface area (Å²) in [6.07, 6.45) is 3.21. The summed E-state index contributed by atoms with van der Waals surface area (Å²) < 4.78 is 0. The Hall–Kier alpha value is -2.25. The zero-order valence-corrected chi connectivity index (χ0v) is 15.9. The van der Waals surface area contributed by atoms with Crippen LogP contribution in [-0.2, 0) is 22.7 Å². The average molecular weight is 382 g/mol. The van der Waals surface area contributed by atoms with Crippen LogP contribution >= 0.6 is 0 Å². The lowest BCUT2D eigenvalue weighted by Crippen LogP contribution is -2.52. The number of benzene rings is 1. The number of carbonyl (C=O) groups excluding carboxylic acids is 3. The lowest BCUT2D eigenvalue weighted by atomic mass is 9.93. The van der Waals surface area contributed by atoms with Crippen LogP contribution in [0.4, 0.5) is 0 Å². The Bertz CT molecular complexity index is 835. The van der Waals surface area contributed by atoms with Crippen molar-refractivity contribution in [3.8, 4) is 0 Å². The highest BCUT2D eigenvalue weighted by Crippen LogP contribution is 2.32. The molecule has 3 atom stereocenters. The molecule has 1 aromatic carbocycles. The second-order valence-corrected chi connectivity index (χ2v) is 8.53. The van der Waals surface area contributed by atoms with Crippen LogP contribution in [0.5, 0.6) is 0 Å². The molecule has 3 unspecified atom stereocenters. The van der Waals surface area contributed by atoms with Crippen molar-refractivity contribution in [1.82, 2.24) is 20.4 Å². The number of amides is 3. The molecule has 4 saturated heterocycles. The van der Waals surface area contributed by atoms with E-state index in [1.165, 1.54) is 18.4 Å². The molecule has 0 spiro atoms. The van der Waals surface area contributed by atoms with E-state index in [1.54, 1.807) is 4.90 Å². The molecular weight excluding hydrogens is 356 g/mol. The third-order valence-corrected chi connectivity index (χ3v) is 6.78. The second kappa shape index (κ2) is 6.97. The molecule has 3 amide bonds. The number of fused-ring (bicyclic) bond motifs is 5. The number of nitrogens with zero attached hydrogens (tertiary/aromatic N) is 2. The van der Waals surface area contributed by atoms with Gasteiger partial charge in [-0.3, -0.25) is 24.6 Å². The van der Waals surface area contributed by atoms with Gasteiger partial charge in [0, 0.05) is 44.2 Å². The molecule has 148 valence electrons. The monoisotopic (exact) mass is 382 g/mol. The van der Waals surface area contributed by atoms with Crippen molar-refractivity contribution in [1.29, 1.82) is 0 Å². The van der Waals surface area contributed by atoms with E-state index >= 15 is 0 Å². The Morgan fingerprint density at radius 2 is 1.96 bits per heavy atom. The predicted octanol–water partition coefficient (Wildman–Crippen LogP) is 0.631. The first-order valence-corrected chi connectivity index (χ1v) is 10.3. The van der Waals surface area contributed by atoms with Crippen LogP contribution in [0.2, 0.25) is 0 Å². The van der Waals surface area contributed by atoms with Gasteiger partial charge in [0.05, 0.1) is 0 Å². The molecule has 2 N–H and O–H groups in total. The Morgan fingerprint density at radius 3 is 2.82 bits per heavy atom. The number of hydrogen-bond donors (Lipinski definition) is 2. The number of rotatable bonds is 3. The van der Waals surface area contributed by atoms with E-state index in [2.05, 4.69) is 21.6 Å². The van der Waals surface area contributed by atoms with Crippen LogP contribution in [0.25, 0.3) is 0 Å². The van der Waals surface area contributed by atoms with Gasteiger partial charge in [-0.05, 0) is 48.9 Å². The first-order valence-electron chi connectivity index (χ1n) is 10.3. The number of nitrogens with one attached hydrogen (secondary N) is 2. The SMILES string of the molecule is O=C1CCC(N2Cc3c(CN4CC5CCC4CNC5)cccc3C2=O)C(=O)N1. The maximum Gasteiger partial charge on any atom is 0.255 e. The molecule has 4 fully saturated rings. The normalized spacial score (nSPS) is 30.4. The highest BCUT2D eigenvalue weighted by molar-refractivity contribution is 6.05. The van der Waals surface area contributed by atoms with Crippen molar-refractivity contribution in [3.63, 3.8) is 0 Å². The van der Waals surface area contributed by atoms with E-state index in [4.69, 9.17) is 0 Å². The van der Waals surface area contributed by atoms with Crippen LogP contribution in [0.3, 0.4) is 0 Å². The van der Waals surface area contributed by atoms with Gasteiger partial charge >= 0.3 is 0 Å². The van der Waals surface area contributed by atoms with Gasteiger partial charge in [0.15, 0.2) is 0 Å². The minimum atomic E-state index is -0.552. The molecule has 0 aliphatic carbocycles. The fraction of sp³-hybridized carbons (Fsp3) is 0.571. The molecular formula is C21H26N4O3. The predicted molar refractivity (Wildman–Crippen MR) is 102 cm³/mol. The fourth-order valence-electron chi connectivity index (χ4n) is 5.24. The van der Waals surface area contributed by atoms with E-state index in [-0.39, 0.29) is 24.1 Å². The molecule has 0 aromatic heterocycles. The zero-order chi connectivity index (χ0) is 19.3. The first-order chi connectivity index (χ1) is 13.6. The summed E-state index contributed by atoms with van der Waals surface area (Å²) in [5, 5.41) is 5.94. The molecule has 7 heteroatoms. The van der Waals surface area contributed by atoms with E-state index in [9.17, 15) is 14.4 Å². The maximum absolute atomic E-state index is 13.0. The molecule has 5 heterocycles. The molecule has 5 aliphatic rings. The van der Waals surface area contributed by atoms with Crippen molar-refractivity contribution in [3.05, 3.63) is 34.9 Å². The van der Waals surface area contributed by atoms with Crippen molar-refractivity contribution in [2.24, 2.45) is 5.92 Å². The molecule has 1 aromatic rings. The number of imide groups is 1. The Labute approximate surface area is 164 Å². The highest BCUT2D eigenvalue weighted by Gasteiger charge is 2.40. The summed E-state index contributed by atoms with van der Waals surface area (Å²) in [7, 11) is 0. The quantitative estimate of drug-likeness (QED) is 0.750. The summed E-state index contributed by atoms with van der Waals surface area (Å²) >= 11 is 0. The van der Waals surface area contributed by atoms with Crippen LogP contribution in [0.15, 0.2) is 18.2 Å². The number of piperidine rings is 2. The number of carbonyl (C=O) groups is 3. The van der Waals surface area contributed by atoms with Crippen molar-refractivity contribution < 1.29 is 14.4 Å². The van der Waals surface area contributed by atoms with Crippen molar-refractivity contribution in [2.45, 2.75) is 50.9 Å². The summed E-state index contributed by atoms with van der Waals surface area (Å²) in [6.45, 7) is 4.54. The van der Waals surface area contributed by atoms with E-state index in [0.717, 1.165) is 31.7 Å². The smallest absolute Gasteiger partial charge is 0.255 e. The van der Waals surface area contributed by atoms with Crippen LogP contribution in [0.1, 0.15) is 47.2 Å². The standard InChI is InChI=1S/C21H26N4O3/c26-19-7-6-18(20(27)23-19)25-12-17-14(2-1-3-16(17)21(25)28)11-24-10-13-4-5-15(24)9-22-8-13/h1-3,13,15,18,22H,4-12H2,(H,23,26,27). The fourth-order valence-corrected chi connectivity index (χ4v) is 5.24. The molecule has 7 nitrogen and oxygen atoms in total. The summed E-state index contributed by atoms with van der Waals surface area (Å²) in [4.78, 5) is 40.9. The van der Waals surface area contributed by atoms with Gasteiger partial charge in [0.25, 0.3) is 5.91 Å². The Balaban J connectivity index is 1.38. The molecule has 5 aliphatic heterocycles. The minimum absolute atomic E-state index is 0.0922. The molecule has 0 saturated carbocycles. The Morgan fingerprint density at radius 1 is 1.07 bits per heavy atom. The van der Waals surface area contributed by atoms with Gasteiger partial charge in [-0.1, -0.05) is 12.1 Å². The largest absolute Gasteiger partial charge is 0.322 e. The molecule has 2 bridgehead atoms. The van der Waals surface area contributed by atoms with Crippen molar-refractivity contribution in [2.75, 3.05) is 19.6 Å². The van der Waals surface area contributed by atoms with Gasteiger partial charge in [-0.25, -0.2) is 0 Å². The van der Waals surface area contributed by atoms with Gasteiger partial charge in [0.2, 0.25) is 11.8 Å². The first kappa shape index (κ1) is 17.8.